The monoisotopic (exact) mass is 258 g/mol. The van der Waals surface area contributed by atoms with Crippen LogP contribution in [0.5, 0.6) is 0 Å². The number of aliphatic carboxylic acids is 1. The number of carboxylic acid groups (broad SMARTS) is 1. The number of likely N-dealkylation sites (tertiary alicyclic amines) is 1. The molecule has 0 aromatic heterocycles. The van der Waals surface area contributed by atoms with Gasteiger partial charge in [-0.05, 0) is 25.2 Å². The van der Waals surface area contributed by atoms with E-state index in [0.29, 0.717) is 38.3 Å². The number of hydrogen-bond donors (Lipinski definition) is 3. The molecule has 3 N–H and O–H groups in total. The Labute approximate surface area is 107 Å². The van der Waals surface area contributed by atoms with Crippen molar-refractivity contribution in [1.29, 1.82) is 0 Å². The van der Waals surface area contributed by atoms with Crippen molar-refractivity contribution in [3.05, 3.63) is 0 Å². The quantitative estimate of drug-likeness (QED) is 0.652. The molecule has 1 saturated heterocycles. The van der Waals surface area contributed by atoms with E-state index >= 15 is 0 Å². The highest BCUT2D eigenvalue weighted by Gasteiger charge is 2.28. The molecule has 104 valence electrons. The summed E-state index contributed by atoms with van der Waals surface area (Å²) in [5.74, 6) is -0.661. The molecule has 0 saturated carbocycles. The molecule has 1 aliphatic heterocycles. The summed E-state index contributed by atoms with van der Waals surface area (Å²) in [6.45, 7) is 3.25. The standard InChI is InChI=1S/C12H22N2O4/c1-2-3-10(11(16)17)13-12(18)14-6-4-9(8-14)5-7-15/h9-10,15H,2-8H2,1H3,(H,13,18)(H,16,17)/t9?,10-/m0/s1. The molecule has 18 heavy (non-hydrogen) atoms. The predicted molar refractivity (Wildman–Crippen MR) is 66.2 cm³/mol. The topological polar surface area (TPSA) is 89.9 Å². The van der Waals surface area contributed by atoms with Crippen molar-refractivity contribution in [3.8, 4) is 0 Å². The van der Waals surface area contributed by atoms with Gasteiger partial charge in [0.25, 0.3) is 0 Å². The van der Waals surface area contributed by atoms with Gasteiger partial charge in [-0.25, -0.2) is 9.59 Å². The van der Waals surface area contributed by atoms with Gasteiger partial charge >= 0.3 is 12.0 Å². The normalized spacial score (nSPS) is 20.8. The molecule has 0 aromatic rings. The van der Waals surface area contributed by atoms with E-state index in [9.17, 15) is 9.59 Å². The van der Waals surface area contributed by atoms with E-state index in [-0.39, 0.29) is 12.6 Å². The smallest absolute Gasteiger partial charge is 0.326 e. The van der Waals surface area contributed by atoms with Gasteiger partial charge in [-0.3, -0.25) is 0 Å². The third-order valence-corrected chi connectivity index (χ3v) is 3.28. The highest BCUT2D eigenvalue weighted by Crippen LogP contribution is 2.19. The molecule has 1 fully saturated rings. The van der Waals surface area contributed by atoms with Gasteiger partial charge in [0.05, 0.1) is 0 Å². The third kappa shape index (κ3) is 4.18. The number of nitrogens with one attached hydrogen (secondary N) is 1. The molecule has 0 aromatic carbocycles. The third-order valence-electron chi connectivity index (χ3n) is 3.28. The van der Waals surface area contributed by atoms with Crippen molar-refractivity contribution in [2.75, 3.05) is 19.7 Å². The van der Waals surface area contributed by atoms with Gasteiger partial charge in [0, 0.05) is 19.7 Å². The first-order chi connectivity index (χ1) is 8.58. The lowest BCUT2D eigenvalue weighted by Crippen LogP contribution is -2.47. The minimum Gasteiger partial charge on any atom is -0.480 e. The zero-order valence-corrected chi connectivity index (χ0v) is 10.8. The second kappa shape index (κ2) is 7.20. The molecule has 1 rings (SSSR count). The number of hydrogen-bond acceptors (Lipinski definition) is 3. The van der Waals surface area contributed by atoms with Crippen LogP contribution in [0.4, 0.5) is 4.79 Å². The molecular weight excluding hydrogens is 236 g/mol. The first-order valence-corrected chi connectivity index (χ1v) is 6.47. The van der Waals surface area contributed by atoms with Crippen LogP contribution in [0.25, 0.3) is 0 Å². The molecule has 0 bridgehead atoms. The maximum absolute atomic E-state index is 11.9. The van der Waals surface area contributed by atoms with Gasteiger partial charge < -0.3 is 20.4 Å². The zero-order valence-electron chi connectivity index (χ0n) is 10.8. The molecule has 0 aliphatic carbocycles. The van der Waals surface area contributed by atoms with Crippen molar-refractivity contribution < 1.29 is 19.8 Å². The predicted octanol–water partition coefficient (Wildman–Crippen LogP) is 0.654. The van der Waals surface area contributed by atoms with E-state index in [2.05, 4.69) is 5.32 Å². The minimum atomic E-state index is -0.990. The van der Waals surface area contributed by atoms with E-state index in [1.165, 1.54) is 0 Å². The number of aliphatic hydroxyl groups is 1. The van der Waals surface area contributed by atoms with Crippen molar-refractivity contribution in [2.24, 2.45) is 5.92 Å². The SMILES string of the molecule is CCC[C@H](NC(=O)N1CCC(CCO)C1)C(=O)O. The molecule has 1 heterocycles. The van der Waals surface area contributed by atoms with Crippen LogP contribution in [-0.4, -0.2) is 52.9 Å². The zero-order chi connectivity index (χ0) is 13.5. The Morgan fingerprint density at radius 1 is 1.50 bits per heavy atom. The summed E-state index contributed by atoms with van der Waals surface area (Å²) in [5.41, 5.74) is 0. The number of rotatable bonds is 6. The van der Waals surface area contributed by atoms with Crippen LogP contribution in [0, 0.1) is 5.92 Å². The average Bonchev–Trinajstić information content (AvgIpc) is 2.77. The summed E-state index contributed by atoms with van der Waals surface area (Å²) in [6, 6.07) is -1.12. The van der Waals surface area contributed by atoms with Crippen LogP contribution in [0.1, 0.15) is 32.6 Å². The fourth-order valence-corrected chi connectivity index (χ4v) is 2.22. The number of urea groups is 1. The fraction of sp³-hybridized carbons (Fsp3) is 0.833. The number of aliphatic hydroxyl groups excluding tert-OH is 1. The van der Waals surface area contributed by atoms with E-state index in [0.717, 1.165) is 6.42 Å². The van der Waals surface area contributed by atoms with Gasteiger partial charge in [-0.2, -0.15) is 0 Å². The molecule has 0 radical (unpaired) electrons. The van der Waals surface area contributed by atoms with Gasteiger partial charge in [-0.15, -0.1) is 0 Å². The van der Waals surface area contributed by atoms with E-state index in [1.807, 2.05) is 6.92 Å². The average molecular weight is 258 g/mol. The molecule has 1 aliphatic rings. The summed E-state index contributed by atoms with van der Waals surface area (Å²) in [5, 5.41) is 20.4. The molecule has 1 unspecified atom stereocenters. The Kier molecular flexibility index (Phi) is 5.91. The molecule has 6 nitrogen and oxygen atoms in total. The Bertz CT molecular complexity index is 296. The summed E-state index contributed by atoms with van der Waals surface area (Å²) in [7, 11) is 0. The molecule has 0 spiro atoms. The number of carbonyl (C=O) groups excluding carboxylic acids is 1. The van der Waals surface area contributed by atoms with Crippen LogP contribution in [0.15, 0.2) is 0 Å². The fourth-order valence-electron chi connectivity index (χ4n) is 2.22. The van der Waals surface area contributed by atoms with E-state index in [1.54, 1.807) is 4.90 Å². The summed E-state index contributed by atoms with van der Waals surface area (Å²) >= 11 is 0. The Hall–Kier alpha value is -1.30. The van der Waals surface area contributed by atoms with Crippen LogP contribution in [-0.2, 0) is 4.79 Å². The highest BCUT2D eigenvalue weighted by molar-refractivity contribution is 5.82. The van der Waals surface area contributed by atoms with Crippen LogP contribution in [0.3, 0.4) is 0 Å². The molecule has 2 amide bonds. The van der Waals surface area contributed by atoms with E-state index < -0.39 is 12.0 Å². The highest BCUT2D eigenvalue weighted by atomic mass is 16.4. The van der Waals surface area contributed by atoms with Gasteiger partial charge in [0.1, 0.15) is 6.04 Å². The lowest BCUT2D eigenvalue weighted by molar-refractivity contribution is -0.139. The Morgan fingerprint density at radius 2 is 2.22 bits per heavy atom. The minimum absolute atomic E-state index is 0.133. The Morgan fingerprint density at radius 3 is 2.78 bits per heavy atom. The van der Waals surface area contributed by atoms with Gasteiger partial charge in [0.15, 0.2) is 0 Å². The molecular formula is C12H22N2O4. The van der Waals surface area contributed by atoms with Crippen molar-refractivity contribution in [3.63, 3.8) is 0 Å². The Balaban J connectivity index is 2.42. The second-order valence-electron chi connectivity index (χ2n) is 4.74. The van der Waals surface area contributed by atoms with Gasteiger partial charge in [0.2, 0.25) is 0 Å². The van der Waals surface area contributed by atoms with Crippen molar-refractivity contribution in [1.82, 2.24) is 10.2 Å². The first kappa shape index (κ1) is 14.8. The summed E-state index contributed by atoms with van der Waals surface area (Å²) in [6.07, 6.45) is 2.72. The summed E-state index contributed by atoms with van der Waals surface area (Å²) < 4.78 is 0. The van der Waals surface area contributed by atoms with Gasteiger partial charge in [-0.1, -0.05) is 13.3 Å². The number of carboxylic acids is 1. The second-order valence-corrected chi connectivity index (χ2v) is 4.74. The maximum atomic E-state index is 11.9. The largest absolute Gasteiger partial charge is 0.480 e. The van der Waals surface area contributed by atoms with Crippen molar-refractivity contribution in [2.45, 2.75) is 38.6 Å². The molecule has 6 heteroatoms. The number of nitrogens with zero attached hydrogens (tertiary/aromatic N) is 1. The van der Waals surface area contributed by atoms with Crippen LogP contribution >= 0.6 is 0 Å². The van der Waals surface area contributed by atoms with Crippen LogP contribution < -0.4 is 5.32 Å². The number of carbonyl (C=O) groups is 2. The maximum Gasteiger partial charge on any atom is 0.326 e. The lowest BCUT2D eigenvalue weighted by atomic mass is 10.1. The van der Waals surface area contributed by atoms with Crippen LogP contribution in [0.2, 0.25) is 0 Å². The first-order valence-electron chi connectivity index (χ1n) is 6.47. The van der Waals surface area contributed by atoms with E-state index in [4.69, 9.17) is 10.2 Å². The lowest BCUT2D eigenvalue weighted by Gasteiger charge is -2.20. The van der Waals surface area contributed by atoms with Crippen molar-refractivity contribution >= 4 is 12.0 Å². The molecule has 2 atom stereocenters. The summed E-state index contributed by atoms with van der Waals surface area (Å²) in [4.78, 5) is 24.4. The number of amides is 2.